The number of carboxylic acids is 3. The molecule has 0 fully saturated rings. The van der Waals surface area contributed by atoms with Gasteiger partial charge in [0.15, 0.2) is 7.37 Å². The van der Waals surface area contributed by atoms with Crippen LogP contribution in [0.4, 0.5) is 0 Å². The number of carbonyl (C=O) groups is 3. The van der Waals surface area contributed by atoms with E-state index in [1.165, 1.54) is 6.66 Å². The molecule has 14 heteroatoms. The van der Waals surface area contributed by atoms with Gasteiger partial charge in [-0.15, -0.1) is 0 Å². The largest absolute Gasteiger partial charge is 0.481 e. The van der Waals surface area contributed by atoms with Crippen LogP contribution in [0.5, 0.6) is 0 Å². The predicted molar refractivity (Wildman–Crippen MR) is 206 cm³/mol. The fraction of sp³-hybridized carbons (Fsp3) is 0.410. The first-order valence-corrected chi connectivity index (χ1v) is 19.9. The second kappa shape index (κ2) is 16.9. The molecular weight excluding hydrogens is 697 g/mol. The third-order valence-corrected chi connectivity index (χ3v) is 11.4. The van der Waals surface area contributed by atoms with Crippen molar-refractivity contribution in [2.24, 2.45) is 5.73 Å². The van der Waals surface area contributed by atoms with Gasteiger partial charge < -0.3 is 45.9 Å². The Balaban J connectivity index is 0.000000495. The maximum Gasteiger partial charge on any atom is 0.320 e. The molecule has 5 heterocycles. The van der Waals surface area contributed by atoms with Crippen LogP contribution in [0.1, 0.15) is 109 Å². The van der Waals surface area contributed by atoms with Crippen LogP contribution in [0.25, 0.3) is 12.2 Å². The zero-order valence-corrected chi connectivity index (χ0v) is 32.1. The SMILES string of the molecule is C=Cc1c2[nH]c(c1C)Cc1[nH]c(c(CCC(=O)O)c1C)Cc1[nH]c(c(C)c1CCC(=O)O)Cc1[nH]c(c(C)c1C=C)C2.CP(=O)(O)CCC(N)C(=O)O. The summed E-state index contributed by atoms with van der Waals surface area (Å²) in [5.41, 5.74) is 22.2. The van der Waals surface area contributed by atoms with Crippen LogP contribution in [0, 0.1) is 27.7 Å². The van der Waals surface area contributed by atoms with Gasteiger partial charge in [-0.05, 0) is 91.5 Å². The van der Waals surface area contributed by atoms with Crippen molar-refractivity contribution in [3.8, 4) is 0 Å². The summed E-state index contributed by atoms with van der Waals surface area (Å²) in [6.45, 7) is 17.7. The lowest BCUT2D eigenvalue weighted by Crippen LogP contribution is -2.30. The van der Waals surface area contributed by atoms with Gasteiger partial charge >= 0.3 is 17.9 Å². The number of carboxylic acid groups (broad SMARTS) is 3. The highest BCUT2D eigenvalue weighted by molar-refractivity contribution is 7.57. The van der Waals surface area contributed by atoms with E-state index in [2.05, 4.69) is 60.8 Å². The summed E-state index contributed by atoms with van der Waals surface area (Å²) < 4.78 is 10.6. The Morgan fingerprint density at radius 3 is 1.36 bits per heavy atom. The molecule has 13 nitrogen and oxygen atoms in total. The minimum Gasteiger partial charge on any atom is -0.481 e. The van der Waals surface area contributed by atoms with Crippen molar-refractivity contribution in [3.05, 3.63) is 103 Å². The number of fused-ring (bicyclic) bond motifs is 8. The van der Waals surface area contributed by atoms with E-state index in [4.69, 9.17) is 15.7 Å². The van der Waals surface area contributed by atoms with E-state index < -0.39 is 31.3 Å². The van der Waals surface area contributed by atoms with Crippen molar-refractivity contribution in [3.63, 3.8) is 0 Å². The molecule has 2 unspecified atom stereocenters. The summed E-state index contributed by atoms with van der Waals surface area (Å²) in [4.78, 5) is 56.7. The van der Waals surface area contributed by atoms with E-state index in [0.717, 1.165) is 90.1 Å². The van der Waals surface area contributed by atoms with Gasteiger partial charge in [0.1, 0.15) is 6.04 Å². The molecule has 0 aromatic carbocycles. The predicted octanol–water partition coefficient (Wildman–Crippen LogP) is 5.92. The van der Waals surface area contributed by atoms with E-state index >= 15 is 0 Å². The van der Waals surface area contributed by atoms with E-state index in [9.17, 15) is 29.2 Å². The molecule has 1 aliphatic heterocycles. The third-order valence-electron chi connectivity index (χ3n) is 10.3. The van der Waals surface area contributed by atoms with Crippen LogP contribution in [-0.4, -0.2) is 76.9 Å². The molecule has 4 aromatic rings. The van der Waals surface area contributed by atoms with E-state index in [1.807, 2.05) is 12.2 Å². The lowest BCUT2D eigenvalue weighted by atomic mass is 9.97. The van der Waals surface area contributed by atoms with Crippen molar-refractivity contribution >= 4 is 37.4 Å². The van der Waals surface area contributed by atoms with Crippen LogP contribution in [0.15, 0.2) is 13.2 Å². The van der Waals surface area contributed by atoms with Crippen molar-refractivity contribution in [1.82, 2.24) is 19.9 Å². The number of aromatic amines is 4. The normalized spacial score (nSPS) is 14.1. The number of rotatable bonds is 12. The summed E-state index contributed by atoms with van der Waals surface area (Å²) in [5, 5.41) is 27.3. The topological polar surface area (TPSA) is 238 Å². The van der Waals surface area contributed by atoms with Crippen molar-refractivity contribution in [2.75, 3.05) is 12.8 Å². The number of aromatic nitrogens is 4. The highest BCUT2D eigenvalue weighted by atomic mass is 31.2. The van der Waals surface area contributed by atoms with Crippen LogP contribution in [-0.2, 0) is 57.5 Å². The van der Waals surface area contributed by atoms with Crippen LogP contribution in [0.3, 0.4) is 0 Å². The highest BCUT2D eigenvalue weighted by Gasteiger charge is 2.24. The summed E-state index contributed by atoms with van der Waals surface area (Å²) >= 11 is 0. The first-order chi connectivity index (χ1) is 24.8. The van der Waals surface area contributed by atoms with E-state index in [-0.39, 0.29) is 25.4 Å². The molecule has 53 heavy (non-hydrogen) atoms. The van der Waals surface area contributed by atoms with Gasteiger partial charge in [-0.1, -0.05) is 25.3 Å². The van der Waals surface area contributed by atoms with Crippen molar-refractivity contribution in [1.29, 1.82) is 0 Å². The van der Waals surface area contributed by atoms with Gasteiger partial charge in [0, 0.05) is 96.9 Å². The Hall–Kier alpha value is -4.84. The zero-order valence-electron chi connectivity index (χ0n) is 31.2. The van der Waals surface area contributed by atoms with E-state index in [1.54, 1.807) is 0 Å². The molecule has 0 spiro atoms. The first-order valence-electron chi connectivity index (χ1n) is 17.6. The second-order valence-corrected chi connectivity index (χ2v) is 16.6. The molecule has 8 bridgehead atoms. The molecule has 10 N–H and O–H groups in total. The van der Waals surface area contributed by atoms with Gasteiger partial charge in [-0.2, -0.15) is 0 Å². The van der Waals surface area contributed by atoms with E-state index in [0.29, 0.717) is 38.5 Å². The Morgan fingerprint density at radius 2 is 1.02 bits per heavy atom. The lowest BCUT2D eigenvalue weighted by Gasteiger charge is -2.07. The van der Waals surface area contributed by atoms with Crippen LogP contribution in [0.2, 0.25) is 0 Å². The number of hydrogen-bond acceptors (Lipinski definition) is 5. The number of H-pyrrole nitrogens is 4. The first kappa shape index (κ1) is 40.9. The number of aliphatic carboxylic acids is 3. The van der Waals surface area contributed by atoms with Crippen LogP contribution < -0.4 is 5.73 Å². The van der Waals surface area contributed by atoms with Crippen LogP contribution >= 0.6 is 7.37 Å². The number of nitrogens with one attached hydrogen (secondary N) is 4. The molecule has 0 saturated heterocycles. The maximum absolute atomic E-state index is 11.6. The van der Waals surface area contributed by atoms with Crippen molar-refractivity contribution in [2.45, 2.75) is 91.5 Å². The maximum atomic E-state index is 11.6. The van der Waals surface area contributed by atoms with Gasteiger partial charge in [-0.3, -0.25) is 18.9 Å². The van der Waals surface area contributed by atoms with Gasteiger partial charge in [0.05, 0.1) is 0 Å². The Morgan fingerprint density at radius 1 is 0.679 bits per heavy atom. The van der Waals surface area contributed by atoms with Gasteiger partial charge in [-0.25, -0.2) is 0 Å². The van der Waals surface area contributed by atoms with Gasteiger partial charge in [0.2, 0.25) is 0 Å². The Bertz CT molecular complexity index is 2090. The molecule has 286 valence electrons. The minimum absolute atomic E-state index is 0.0372. The Kier molecular flexibility index (Phi) is 13.0. The number of hydrogen-bond donors (Lipinski definition) is 9. The second-order valence-electron chi connectivity index (χ2n) is 14.0. The van der Waals surface area contributed by atoms with Gasteiger partial charge in [0.25, 0.3) is 0 Å². The fourth-order valence-corrected chi connectivity index (χ4v) is 7.93. The zero-order chi connectivity index (χ0) is 39.4. The average Bonchev–Trinajstić information content (AvgIpc) is 3.74. The molecule has 0 aliphatic carbocycles. The monoisotopic (exact) mass is 749 g/mol. The minimum atomic E-state index is -3.10. The third kappa shape index (κ3) is 9.78. The smallest absolute Gasteiger partial charge is 0.320 e. The lowest BCUT2D eigenvalue weighted by molar-refractivity contribution is -0.139. The molecule has 1 aliphatic rings. The fourth-order valence-electron chi connectivity index (χ4n) is 7.17. The molecule has 2 atom stereocenters. The molecule has 0 radical (unpaired) electrons. The molecular formula is C39H52N5O8P. The standard InChI is InChI=1S/C34H40N4O4.C5H12NO4P/c1-7-21-17(3)25-13-26-19(5)23(9-11-33(39)40)31(37-26)16-32-24(10-12-34(41)42)20(6)28(38-32)15-30-22(8-2)18(4)27(36-30)14-29(21)35-25;1-11(9,10)3-2-4(6)5(7)8/h7-8,35-38H,1-2,9-16H2,3-6H3,(H,39,40)(H,41,42);4H,2-3,6H2,1H3,(H,7,8)(H,9,10). The average molecular weight is 750 g/mol. The Labute approximate surface area is 309 Å². The quantitative estimate of drug-likeness (QED) is 0.0687. The highest BCUT2D eigenvalue weighted by Crippen LogP contribution is 2.36. The molecule has 0 saturated carbocycles. The summed E-state index contributed by atoms with van der Waals surface area (Å²) in [6, 6.07) is -1.03. The molecule has 5 rings (SSSR count). The summed E-state index contributed by atoms with van der Waals surface area (Å²) in [7, 11) is -3.10. The molecule has 0 amide bonds. The number of nitrogens with two attached hydrogens (primary N) is 1. The van der Waals surface area contributed by atoms with Crippen molar-refractivity contribution < 1.29 is 39.2 Å². The summed E-state index contributed by atoms with van der Waals surface area (Å²) in [6.07, 6.45) is 7.22. The summed E-state index contributed by atoms with van der Waals surface area (Å²) in [5.74, 6) is -2.81. The molecule has 4 aromatic heterocycles.